The molecule has 1 amide bonds. The van der Waals surface area contributed by atoms with Crippen molar-refractivity contribution in [3.8, 4) is 22.9 Å². The van der Waals surface area contributed by atoms with E-state index in [0.29, 0.717) is 44.9 Å². The van der Waals surface area contributed by atoms with Crippen molar-refractivity contribution in [3.05, 3.63) is 69.1 Å². The summed E-state index contributed by atoms with van der Waals surface area (Å²) in [5.41, 5.74) is 1.56. The van der Waals surface area contributed by atoms with Gasteiger partial charge in [-0.15, -0.1) is 0 Å². The highest BCUT2D eigenvalue weighted by molar-refractivity contribution is 6.30. The molecule has 0 saturated carbocycles. The maximum Gasteiger partial charge on any atom is 0.257 e. The summed E-state index contributed by atoms with van der Waals surface area (Å²) in [4.78, 5) is 30.6. The highest BCUT2D eigenvalue weighted by Gasteiger charge is 2.18. The zero-order chi connectivity index (χ0) is 23.3. The molecule has 0 bridgehead atoms. The second-order valence-corrected chi connectivity index (χ2v) is 7.43. The molecular formula is C23H24ClN3O5. The lowest BCUT2D eigenvalue weighted by molar-refractivity contribution is -0.116. The third-order valence-corrected chi connectivity index (χ3v) is 5.12. The minimum atomic E-state index is -0.428. The highest BCUT2D eigenvalue weighted by Crippen LogP contribution is 2.29. The zero-order valence-corrected chi connectivity index (χ0v) is 18.8. The van der Waals surface area contributed by atoms with Gasteiger partial charge in [0, 0.05) is 46.6 Å². The molecule has 1 aromatic heterocycles. The molecule has 168 valence electrons. The first-order chi connectivity index (χ1) is 15.4. The van der Waals surface area contributed by atoms with Crippen LogP contribution in [-0.4, -0.2) is 41.4 Å². The first-order valence-electron chi connectivity index (χ1n) is 9.87. The number of hydrogen-bond acceptors (Lipinski definition) is 6. The molecular weight excluding hydrogens is 434 g/mol. The highest BCUT2D eigenvalue weighted by atomic mass is 35.5. The van der Waals surface area contributed by atoms with E-state index >= 15 is 0 Å². The molecule has 1 heterocycles. The largest absolute Gasteiger partial charge is 0.493 e. The van der Waals surface area contributed by atoms with Gasteiger partial charge in [0.1, 0.15) is 12.4 Å². The number of amides is 1. The number of ether oxygens (including phenoxy) is 2. The second-order valence-electron chi connectivity index (χ2n) is 6.99. The summed E-state index contributed by atoms with van der Waals surface area (Å²) in [6, 6.07) is 11.9. The van der Waals surface area contributed by atoms with E-state index in [1.54, 1.807) is 49.4 Å². The van der Waals surface area contributed by atoms with Crippen LogP contribution in [0.3, 0.4) is 0 Å². The molecule has 9 heteroatoms. The summed E-state index contributed by atoms with van der Waals surface area (Å²) < 4.78 is 11.8. The van der Waals surface area contributed by atoms with E-state index in [0.717, 1.165) is 0 Å². The minimum absolute atomic E-state index is 0.144. The quantitative estimate of drug-likeness (QED) is 0.539. The summed E-state index contributed by atoms with van der Waals surface area (Å²) in [6.07, 6.45) is 0.144. The van der Waals surface area contributed by atoms with Gasteiger partial charge in [-0.05, 0) is 31.2 Å². The molecule has 2 N–H and O–H groups in total. The third kappa shape index (κ3) is 5.09. The zero-order valence-electron chi connectivity index (χ0n) is 18.0. The first kappa shape index (κ1) is 23.3. The van der Waals surface area contributed by atoms with Gasteiger partial charge in [0.2, 0.25) is 5.91 Å². The molecule has 8 nitrogen and oxygen atoms in total. The minimum Gasteiger partial charge on any atom is -0.493 e. The summed E-state index contributed by atoms with van der Waals surface area (Å²) in [6.45, 7) is 1.22. The number of aryl methyl sites for hydroxylation is 1. The fourth-order valence-corrected chi connectivity index (χ4v) is 3.54. The standard InChI is InChI=1S/C23H24ClN3O5/c1-14-18(9-10-28)23(30)27(22(25-14)15-5-4-6-16(24)11-15)13-21(29)26-17-7-8-19(31-2)20(12-17)32-3/h4-8,11-12,28H,9-10,13H2,1-3H3,(H,26,29). The molecule has 0 fully saturated rings. The fourth-order valence-electron chi connectivity index (χ4n) is 3.35. The molecule has 0 saturated heterocycles. The van der Waals surface area contributed by atoms with Crippen molar-refractivity contribution >= 4 is 23.2 Å². The average Bonchev–Trinajstić information content (AvgIpc) is 2.78. The number of benzene rings is 2. The average molecular weight is 458 g/mol. The lowest BCUT2D eigenvalue weighted by Crippen LogP contribution is -2.33. The first-order valence-corrected chi connectivity index (χ1v) is 10.2. The van der Waals surface area contributed by atoms with E-state index < -0.39 is 5.91 Å². The Labute approximate surface area is 190 Å². The number of carbonyl (C=O) groups is 1. The number of aliphatic hydroxyl groups excluding tert-OH is 1. The number of nitrogens with zero attached hydrogens (tertiary/aromatic N) is 2. The number of carbonyl (C=O) groups excluding carboxylic acids is 1. The van der Waals surface area contributed by atoms with Gasteiger partial charge in [-0.2, -0.15) is 0 Å². The number of rotatable bonds is 8. The Bertz CT molecular complexity index is 1190. The smallest absolute Gasteiger partial charge is 0.257 e. The maximum atomic E-state index is 13.2. The van der Waals surface area contributed by atoms with Gasteiger partial charge in [0.05, 0.1) is 14.2 Å². The van der Waals surface area contributed by atoms with Crippen LogP contribution in [0.4, 0.5) is 5.69 Å². The Kier molecular flexibility index (Phi) is 7.50. The van der Waals surface area contributed by atoms with Crippen LogP contribution in [0.1, 0.15) is 11.3 Å². The van der Waals surface area contributed by atoms with E-state index in [4.69, 9.17) is 21.1 Å². The van der Waals surface area contributed by atoms with E-state index in [2.05, 4.69) is 10.3 Å². The molecule has 0 spiro atoms. The molecule has 3 rings (SSSR count). The van der Waals surface area contributed by atoms with Crippen molar-refractivity contribution in [2.75, 3.05) is 26.1 Å². The van der Waals surface area contributed by atoms with Gasteiger partial charge in [-0.25, -0.2) is 4.98 Å². The van der Waals surface area contributed by atoms with Gasteiger partial charge in [0.15, 0.2) is 11.5 Å². The van der Waals surface area contributed by atoms with Gasteiger partial charge in [0.25, 0.3) is 5.56 Å². The summed E-state index contributed by atoms with van der Waals surface area (Å²) in [5.74, 6) is 0.882. The van der Waals surface area contributed by atoms with Crippen molar-refractivity contribution in [2.24, 2.45) is 0 Å². The molecule has 0 radical (unpaired) electrons. The Morgan fingerprint density at radius 3 is 2.56 bits per heavy atom. The Hall–Kier alpha value is -3.36. The molecule has 0 aliphatic rings. The van der Waals surface area contributed by atoms with Crippen molar-refractivity contribution in [2.45, 2.75) is 19.9 Å². The molecule has 0 aliphatic carbocycles. The van der Waals surface area contributed by atoms with Crippen LogP contribution >= 0.6 is 11.6 Å². The number of anilines is 1. The van der Waals surface area contributed by atoms with Crippen LogP contribution in [0.15, 0.2) is 47.3 Å². The number of aliphatic hydroxyl groups is 1. The van der Waals surface area contributed by atoms with E-state index in [1.165, 1.54) is 18.8 Å². The van der Waals surface area contributed by atoms with E-state index in [-0.39, 0.29) is 25.1 Å². The molecule has 3 aromatic rings. The Morgan fingerprint density at radius 2 is 1.91 bits per heavy atom. The van der Waals surface area contributed by atoms with Crippen LogP contribution < -0.4 is 20.3 Å². The predicted molar refractivity (Wildman–Crippen MR) is 123 cm³/mol. The van der Waals surface area contributed by atoms with Gasteiger partial charge in [-0.1, -0.05) is 23.7 Å². The van der Waals surface area contributed by atoms with Crippen molar-refractivity contribution < 1.29 is 19.4 Å². The summed E-state index contributed by atoms with van der Waals surface area (Å²) in [7, 11) is 3.02. The van der Waals surface area contributed by atoms with Crippen molar-refractivity contribution in [3.63, 3.8) is 0 Å². The number of methoxy groups -OCH3 is 2. The number of nitrogens with one attached hydrogen (secondary N) is 1. The van der Waals surface area contributed by atoms with Crippen LogP contribution in [0.2, 0.25) is 5.02 Å². The van der Waals surface area contributed by atoms with Gasteiger partial charge < -0.3 is 19.9 Å². The summed E-state index contributed by atoms with van der Waals surface area (Å²) >= 11 is 6.12. The molecule has 32 heavy (non-hydrogen) atoms. The van der Waals surface area contributed by atoms with Gasteiger partial charge >= 0.3 is 0 Å². The summed E-state index contributed by atoms with van der Waals surface area (Å²) in [5, 5.41) is 12.6. The lowest BCUT2D eigenvalue weighted by atomic mass is 10.1. The van der Waals surface area contributed by atoms with E-state index in [1.807, 2.05) is 0 Å². The Balaban J connectivity index is 1.99. The number of aromatic nitrogens is 2. The van der Waals surface area contributed by atoms with Crippen LogP contribution in [-0.2, 0) is 17.8 Å². The van der Waals surface area contributed by atoms with Gasteiger partial charge in [-0.3, -0.25) is 14.2 Å². The SMILES string of the molecule is COc1ccc(NC(=O)Cn2c(-c3cccc(Cl)c3)nc(C)c(CCO)c2=O)cc1OC. The predicted octanol–water partition coefficient (Wildman–Crippen LogP) is 3.06. The third-order valence-electron chi connectivity index (χ3n) is 4.88. The van der Waals surface area contributed by atoms with Crippen LogP contribution in [0.25, 0.3) is 11.4 Å². The maximum absolute atomic E-state index is 13.2. The normalized spacial score (nSPS) is 10.7. The molecule has 0 aliphatic heterocycles. The van der Waals surface area contributed by atoms with Crippen LogP contribution in [0, 0.1) is 6.92 Å². The van der Waals surface area contributed by atoms with E-state index in [9.17, 15) is 14.7 Å². The molecule has 0 unspecified atom stereocenters. The fraction of sp³-hybridized carbons (Fsp3) is 0.261. The lowest BCUT2D eigenvalue weighted by Gasteiger charge is -2.16. The Morgan fingerprint density at radius 1 is 1.16 bits per heavy atom. The number of hydrogen-bond donors (Lipinski definition) is 2. The molecule has 2 aromatic carbocycles. The topological polar surface area (TPSA) is 103 Å². The van der Waals surface area contributed by atoms with Crippen molar-refractivity contribution in [1.29, 1.82) is 0 Å². The monoisotopic (exact) mass is 457 g/mol. The van der Waals surface area contributed by atoms with Crippen molar-refractivity contribution in [1.82, 2.24) is 9.55 Å². The number of halogens is 1. The van der Waals surface area contributed by atoms with Crippen LogP contribution in [0.5, 0.6) is 11.5 Å². The second kappa shape index (κ2) is 10.3. The molecule has 0 atom stereocenters.